The second kappa shape index (κ2) is 4.41. The molecule has 0 amide bonds. The van der Waals surface area contributed by atoms with Crippen LogP contribution in [-0.2, 0) is 0 Å². The Morgan fingerprint density at radius 1 is 1.40 bits per heavy atom. The molecule has 0 aliphatic carbocycles. The van der Waals surface area contributed by atoms with Crippen LogP contribution in [-0.4, -0.2) is 25.7 Å². The van der Waals surface area contributed by atoms with E-state index in [0.717, 1.165) is 5.56 Å². The second-order valence-electron chi connectivity index (χ2n) is 4.40. The molecule has 100 valence electrons. The van der Waals surface area contributed by atoms with Crippen molar-refractivity contribution < 1.29 is 14.3 Å². The molecule has 0 bridgehead atoms. The Morgan fingerprint density at radius 3 is 2.95 bits per heavy atom. The maximum Gasteiger partial charge on any atom is 0.341 e. The highest BCUT2D eigenvalue weighted by molar-refractivity contribution is 6.01. The molecule has 0 atom stereocenters. The van der Waals surface area contributed by atoms with Crippen LogP contribution in [0.15, 0.2) is 36.7 Å². The van der Waals surface area contributed by atoms with Gasteiger partial charge in [0, 0.05) is 18.0 Å². The van der Waals surface area contributed by atoms with E-state index in [1.807, 2.05) is 0 Å². The highest BCUT2D eigenvalue weighted by Gasteiger charge is 2.23. The van der Waals surface area contributed by atoms with Gasteiger partial charge in [-0.05, 0) is 25.1 Å². The van der Waals surface area contributed by atoms with Gasteiger partial charge in [0.05, 0.1) is 0 Å². The van der Waals surface area contributed by atoms with Crippen LogP contribution in [0.1, 0.15) is 15.9 Å². The summed E-state index contributed by atoms with van der Waals surface area (Å²) >= 11 is 0. The quantitative estimate of drug-likeness (QED) is 0.777. The van der Waals surface area contributed by atoms with Gasteiger partial charge in [-0.25, -0.2) is 18.7 Å². The van der Waals surface area contributed by atoms with Crippen LogP contribution in [0.25, 0.3) is 16.9 Å². The molecule has 1 aromatic carbocycles. The van der Waals surface area contributed by atoms with Crippen molar-refractivity contribution in [2.45, 2.75) is 6.92 Å². The Labute approximate surface area is 113 Å². The van der Waals surface area contributed by atoms with Crippen molar-refractivity contribution >= 4 is 11.6 Å². The van der Waals surface area contributed by atoms with Gasteiger partial charge >= 0.3 is 5.97 Å². The Balaban J connectivity index is 2.38. The molecule has 0 aliphatic rings. The summed E-state index contributed by atoms with van der Waals surface area (Å²) < 4.78 is 15.3. The molecular weight excluding hydrogens is 261 g/mol. The molecule has 20 heavy (non-hydrogen) atoms. The average Bonchev–Trinajstić information content (AvgIpc) is 2.80. The highest BCUT2D eigenvalue weighted by Crippen LogP contribution is 2.28. The van der Waals surface area contributed by atoms with E-state index in [0.29, 0.717) is 0 Å². The minimum absolute atomic E-state index is 0.0809. The van der Waals surface area contributed by atoms with E-state index in [1.165, 1.54) is 16.8 Å². The van der Waals surface area contributed by atoms with E-state index in [9.17, 15) is 14.3 Å². The average molecular weight is 271 g/mol. The van der Waals surface area contributed by atoms with Crippen molar-refractivity contribution in [1.82, 2.24) is 14.6 Å². The van der Waals surface area contributed by atoms with Gasteiger partial charge in [0.15, 0.2) is 5.65 Å². The van der Waals surface area contributed by atoms with Gasteiger partial charge < -0.3 is 5.11 Å². The normalized spacial score (nSPS) is 10.9. The molecule has 0 saturated carbocycles. The number of carbonyl (C=O) groups is 1. The van der Waals surface area contributed by atoms with Crippen LogP contribution >= 0.6 is 0 Å². The topological polar surface area (TPSA) is 67.5 Å². The number of fused-ring (bicyclic) bond motifs is 1. The summed E-state index contributed by atoms with van der Waals surface area (Å²) in [5, 5.41) is 13.5. The van der Waals surface area contributed by atoms with Crippen molar-refractivity contribution in [3.05, 3.63) is 53.6 Å². The number of aromatic carboxylic acids is 1. The molecular formula is C14H10FN3O2. The van der Waals surface area contributed by atoms with Crippen molar-refractivity contribution in [2.75, 3.05) is 0 Å². The van der Waals surface area contributed by atoms with Crippen LogP contribution in [0, 0.1) is 12.7 Å². The molecule has 0 unspecified atom stereocenters. The largest absolute Gasteiger partial charge is 0.477 e. The van der Waals surface area contributed by atoms with E-state index in [-0.39, 0.29) is 22.5 Å². The van der Waals surface area contributed by atoms with Crippen LogP contribution in [0.5, 0.6) is 0 Å². The zero-order chi connectivity index (χ0) is 14.3. The number of rotatable bonds is 2. The number of aryl methyl sites for hydroxylation is 1. The maximum absolute atomic E-state index is 14.0. The van der Waals surface area contributed by atoms with Gasteiger partial charge in [-0.1, -0.05) is 11.6 Å². The first-order chi connectivity index (χ1) is 9.58. The number of hydrogen-bond donors (Lipinski definition) is 1. The van der Waals surface area contributed by atoms with Crippen molar-refractivity contribution in [3.8, 4) is 11.3 Å². The van der Waals surface area contributed by atoms with E-state index in [4.69, 9.17) is 0 Å². The lowest BCUT2D eigenvalue weighted by Crippen LogP contribution is -2.00. The second-order valence-corrected chi connectivity index (χ2v) is 4.40. The number of carboxylic acid groups (broad SMARTS) is 1. The fourth-order valence-electron chi connectivity index (χ4n) is 2.09. The number of nitrogens with zero attached hydrogens (tertiary/aromatic N) is 3. The molecule has 0 aliphatic heterocycles. The third-order valence-corrected chi connectivity index (χ3v) is 2.99. The lowest BCUT2D eigenvalue weighted by molar-refractivity contribution is 0.0699. The number of benzene rings is 1. The predicted molar refractivity (Wildman–Crippen MR) is 70.1 cm³/mol. The van der Waals surface area contributed by atoms with E-state index in [2.05, 4.69) is 10.1 Å². The van der Waals surface area contributed by atoms with Crippen molar-refractivity contribution in [3.63, 3.8) is 0 Å². The summed E-state index contributed by atoms with van der Waals surface area (Å²) in [6.07, 6.45) is 3.05. The molecule has 0 radical (unpaired) electrons. The maximum atomic E-state index is 14.0. The summed E-state index contributed by atoms with van der Waals surface area (Å²) in [4.78, 5) is 15.4. The van der Waals surface area contributed by atoms with Crippen LogP contribution in [0.3, 0.4) is 0 Å². The van der Waals surface area contributed by atoms with Gasteiger partial charge in [-0.15, -0.1) is 0 Å². The minimum Gasteiger partial charge on any atom is -0.477 e. The summed E-state index contributed by atoms with van der Waals surface area (Å²) in [7, 11) is 0. The zero-order valence-corrected chi connectivity index (χ0v) is 10.5. The summed E-state index contributed by atoms with van der Waals surface area (Å²) in [6, 6.07) is 6.12. The smallest absolute Gasteiger partial charge is 0.341 e. The molecule has 0 fully saturated rings. The summed E-state index contributed by atoms with van der Waals surface area (Å²) in [5.74, 6) is -1.70. The predicted octanol–water partition coefficient (Wildman–Crippen LogP) is 2.54. The highest BCUT2D eigenvalue weighted by atomic mass is 19.1. The molecule has 6 heteroatoms. The molecule has 0 saturated heterocycles. The van der Waals surface area contributed by atoms with Crippen LogP contribution in [0.2, 0.25) is 0 Å². The molecule has 2 heterocycles. The lowest BCUT2D eigenvalue weighted by atomic mass is 10.0. The summed E-state index contributed by atoms with van der Waals surface area (Å²) in [5.41, 5.74) is 1.15. The first-order valence-electron chi connectivity index (χ1n) is 5.91. The number of hydrogen-bond acceptors (Lipinski definition) is 3. The van der Waals surface area contributed by atoms with Gasteiger partial charge in [0.2, 0.25) is 0 Å². The van der Waals surface area contributed by atoms with E-state index < -0.39 is 11.8 Å². The van der Waals surface area contributed by atoms with Crippen LogP contribution in [0.4, 0.5) is 4.39 Å². The Hall–Kier alpha value is -2.76. The van der Waals surface area contributed by atoms with Gasteiger partial charge in [0.25, 0.3) is 0 Å². The lowest BCUT2D eigenvalue weighted by Gasteiger charge is -2.02. The number of halogens is 1. The third kappa shape index (κ3) is 1.82. The van der Waals surface area contributed by atoms with Crippen molar-refractivity contribution in [1.29, 1.82) is 0 Å². The standard InChI is InChI=1S/C14H10FN3O2/c1-8-3-4-10(15)9(7-8)12-11(14(19)20)13-16-5-2-6-18(13)17-12/h2-7H,1H3,(H,19,20). The fourth-order valence-corrected chi connectivity index (χ4v) is 2.09. The summed E-state index contributed by atoms with van der Waals surface area (Å²) in [6.45, 7) is 1.80. The Bertz CT molecular complexity index is 826. The van der Waals surface area contributed by atoms with Gasteiger partial charge in [0.1, 0.15) is 17.1 Å². The number of aromatic nitrogens is 3. The Morgan fingerprint density at radius 2 is 2.20 bits per heavy atom. The molecule has 2 aromatic heterocycles. The van der Waals surface area contributed by atoms with E-state index >= 15 is 0 Å². The SMILES string of the molecule is Cc1ccc(F)c(-c2nn3cccnc3c2C(=O)O)c1. The first-order valence-corrected chi connectivity index (χ1v) is 5.91. The monoisotopic (exact) mass is 271 g/mol. The zero-order valence-electron chi connectivity index (χ0n) is 10.5. The number of carboxylic acids is 1. The molecule has 3 aromatic rings. The first kappa shape index (κ1) is 12.3. The molecule has 0 spiro atoms. The fraction of sp³-hybridized carbons (Fsp3) is 0.0714. The van der Waals surface area contributed by atoms with E-state index in [1.54, 1.807) is 31.3 Å². The minimum atomic E-state index is -1.19. The Kier molecular flexibility index (Phi) is 2.71. The van der Waals surface area contributed by atoms with Crippen molar-refractivity contribution in [2.24, 2.45) is 0 Å². The third-order valence-electron chi connectivity index (χ3n) is 2.99. The molecule has 1 N–H and O–H groups in total. The van der Waals surface area contributed by atoms with Crippen LogP contribution < -0.4 is 0 Å². The van der Waals surface area contributed by atoms with Gasteiger partial charge in [-0.3, -0.25) is 0 Å². The van der Waals surface area contributed by atoms with Gasteiger partial charge in [-0.2, -0.15) is 5.10 Å². The molecule has 5 nitrogen and oxygen atoms in total. The molecule has 3 rings (SSSR count).